The topological polar surface area (TPSA) is 9.23 Å². The van der Waals surface area contributed by atoms with Crippen molar-refractivity contribution >= 4 is 0 Å². The van der Waals surface area contributed by atoms with Gasteiger partial charge in [-0.15, -0.1) is 0 Å². The number of rotatable bonds is 1. The molecule has 64 valence electrons. The van der Waals surface area contributed by atoms with Gasteiger partial charge in [-0.25, -0.2) is 0 Å². The fourth-order valence-electron chi connectivity index (χ4n) is 1.95. The zero-order chi connectivity index (χ0) is 7.90. The maximum atomic E-state index is 5.85. The molecule has 0 radical (unpaired) electrons. The summed E-state index contributed by atoms with van der Waals surface area (Å²) in [5.41, 5.74) is 0.394. The van der Waals surface area contributed by atoms with Gasteiger partial charge in [-0.05, 0) is 37.5 Å². The van der Waals surface area contributed by atoms with Crippen LogP contribution in [-0.2, 0) is 4.74 Å². The molecule has 1 heteroatoms. The van der Waals surface area contributed by atoms with Gasteiger partial charge in [0.25, 0.3) is 0 Å². The molecule has 11 heavy (non-hydrogen) atoms. The van der Waals surface area contributed by atoms with Gasteiger partial charge in [0.15, 0.2) is 0 Å². The second-order valence-electron chi connectivity index (χ2n) is 4.54. The van der Waals surface area contributed by atoms with Crippen molar-refractivity contribution in [2.24, 2.45) is 11.8 Å². The zero-order valence-corrected chi connectivity index (χ0v) is 7.60. The molecular formula is C10H18O. The zero-order valence-electron chi connectivity index (χ0n) is 7.60. The fourth-order valence-corrected chi connectivity index (χ4v) is 1.95. The monoisotopic (exact) mass is 154 g/mol. The van der Waals surface area contributed by atoms with E-state index in [9.17, 15) is 0 Å². The van der Waals surface area contributed by atoms with Gasteiger partial charge >= 0.3 is 0 Å². The minimum atomic E-state index is 0.394. The largest absolute Gasteiger partial charge is 0.375 e. The van der Waals surface area contributed by atoms with Crippen molar-refractivity contribution in [3.8, 4) is 0 Å². The van der Waals surface area contributed by atoms with Crippen LogP contribution < -0.4 is 0 Å². The number of hydrogen-bond donors (Lipinski definition) is 0. The Morgan fingerprint density at radius 3 is 2.36 bits per heavy atom. The van der Waals surface area contributed by atoms with E-state index >= 15 is 0 Å². The van der Waals surface area contributed by atoms with Gasteiger partial charge in [0.1, 0.15) is 0 Å². The normalized spacial score (nSPS) is 34.6. The minimum Gasteiger partial charge on any atom is -0.375 e. The fraction of sp³-hybridized carbons (Fsp3) is 1.00. The molecule has 0 unspecified atom stereocenters. The van der Waals surface area contributed by atoms with Crippen LogP contribution >= 0.6 is 0 Å². The van der Waals surface area contributed by atoms with Crippen LogP contribution in [0.15, 0.2) is 0 Å². The highest BCUT2D eigenvalue weighted by Gasteiger charge is 2.46. The third-order valence-electron chi connectivity index (χ3n) is 3.32. The summed E-state index contributed by atoms with van der Waals surface area (Å²) in [7, 11) is 0. The summed E-state index contributed by atoms with van der Waals surface area (Å²) in [5, 5.41) is 0. The Morgan fingerprint density at radius 2 is 2.00 bits per heavy atom. The van der Waals surface area contributed by atoms with Crippen LogP contribution in [0.1, 0.15) is 39.5 Å². The molecule has 1 heterocycles. The Morgan fingerprint density at radius 1 is 1.27 bits per heavy atom. The predicted molar refractivity (Wildman–Crippen MR) is 45.5 cm³/mol. The van der Waals surface area contributed by atoms with Crippen molar-refractivity contribution < 1.29 is 4.74 Å². The molecule has 0 aromatic heterocycles. The highest BCUT2D eigenvalue weighted by molar-refractivity contribution is 4.98. The van der Waals surface area contributed by atoms with Crippen LogP contribution in [0.5, 0.6) is 0 Å². The van der Waals surface area contributed by atoms with Gasteiger partial charge in [-0.1, -0.05) is 13.8 Å². The van der Waals surface area contributed by atoms with E-state index in [2.05, 4.69) is 13.8 Å². The first-order valence-electron chi connectivity index (χ1n) is 4.86. The lowest BCUT2D eigenvalue weighted by atomic mass is 9.88. The Labute approximate surface area is 69.1 Å². The lowest BCUT2D eigenvalue weighted by Gasteiger charge is -2.31. The van der Waals surface area contributed by atoms with E-state index < -0.39 is 0 Å². The number of hydrogen-bond acceptors (Lipinski definition) is 1. The van der Waals surface area contributed by atoms with Gasteiger partial charge < -0.3 is 4.74 Å². The lowest BCUT2D eigenvalue weighted by molar-refractivity contribution is -0.0451. The molecule has 1 saturated heterocycles. The molecule has 0 aromatic carbocycles. The molecule has 2 aliphatic rings. The number of ether oxygens (including phenoxy) is 1. The minimum absolute atomic E-state index is 0.394. The molecule has 1 atom stereocenters. The standard InChI is InChI=1S/C10H18O/c1-8(2)9-3-4-10(5-6-10)11-7-9/h8-9H,3-7H2,1-2H3/t9-/m1/s1. The molecular weight excluding hydrogens is 136 g/mol. The van der Waals surface area contributed by atoms with Gasteiger partial charge in [0.2, 0.25) is 0 Å². The average molecular weight is 154 g/mol. The third-order valence-corrected chi connectivity index (χ3v) is 3.32. The Hall–Kier alpha value is -0.0400. The van der Waals surface area contributed by atoms with Crippen LogP contribution in [0, 0.1) is 11.8 Å². The van der Waals surface area contributed by atoms with E-state index in [1.165, 1.54) is 25.7 Å². The summed E-state index contributed by atoms with van der Waals surface area (Å²) in [6.45, 7) is 5.63. The molecule has 1 aliphatic carbocycles. The van der Waals surface area contributed by atoms with Crippen LogP contribution in [-0.4, -0.2) is 12.2 Å². The highest BCUT2D eigenvalue weighted by atomic mass is 16.5. The highest BCUT2D eigenvalue weighted by Crippen LogP contribution is 2.48. The van der Waals surface area contributed by atoms with Crippen molar-refractivity contribution in [2.75, 3.05) is 6.61 Å². The Balaban J connectivity index is 1.84. The van der Waals surface area contributed by atoms with Gasteiger partial charge in [0, 0.05) is 0 Å². The summed E-state index contributed by atoms with van der Waals surface area (Å²) in [6, 6.07) is 0. The van der Waals surface area contributed by atoms with Crippen molar-refractivity contribution in [1.82, 2.24) is 0 Å². The Bertz CT molecular complexity index is 137. The molecule has 0 amide bonds. The smallest absolute Gasteiger partial charge is 0.0685 e. The van der Waals surface area contributed by atoms with E-state index in [-0.39, 0.29) is 0 Å². The second kappa shape index (κ2) is 2.48. The summed E-state index contributed by atoms with van der Waals surface area (Å²) >= 11 is 0. The van der Waals surface area contributed by atoms with Crippen molar-refractivity contribution in [1.29, 1.82) is 0 Å². The van der Waals surface area contributed by atoms with Crippen molar-refractivity contribution in [2.45, 2.75) is 45.1 Å². The second-order valence-corrected chi connectivity index (χ2v) is 4.54. The Kier molecular flexibility index (Phi) is 1.71. The van der Waals surface area contributed by atoms with Crippen molar-refractivity contribution in [3.05, 3.63) is 0 Å². The molecule has 0 N–H and O–H groups in total. The SMILES string of the molecule is CC(C)[C@@H]1CCC2(CC2)OC1. The third kappa shape index (κ3) is 1.44. The van der Waals surface area contributed by atoms with Crippen molar-refractivity contribution in [3.63, 3.8) is 0 Å². The van der Waals surface area contributed by atoms with Crippen LogP contribution in [0.25, 0.3) is 0 Å². The van der Waals surface area contributed by atoms with E-state index in [1.807, 2.05) is 0 Å². The molecule has 1 nitrogen and oxygen atoms in total. The molecule has 1 aliphatic heterocycles. The quantitative estimate of drug-likeness (QED) is 0.564. The summed E-state index contributed by atoms with van der Waals surface area (Å²) in [4.78, 5) is 0. The summed E-state index contributed by atoms with van der Waals surface area (Å²) in [5.74, 6) is 1.65. The average Bonchev–Trinajstić information content (AvgIpc) is 2.70. The van der Waals surface area contributed by atoms with E-state index in [1.54, 1.807) is 0 Å². The van der Waals surface area contributed by atoms with Crippen LogP contribution in [0.4, 0.5) is 0 Å². The van der Waals surface area contributed by atoms with E-state index in [4.69, 9.17) is 4.74 Å². The first kappa shape index (κ1) is 7.60. The first-order chi connectivity index (χ1) is 5.22. The maximum Gasteiger partial charge on any atom is 0.0685 e. The van der Waals surface area contributed by atoms with Crippen LogP contribution in [0.2, 0.25) is 0 Å². The molecule has 2 fully saturated rings. The van der Waals surface area contributed by atoms with E-state index in [0.29, 0.717) is 5.60 Å². The summed E-state index contributed by atoms with van der Waals surface area (Å²) in [6.07, 6.45) is 5.39. The lowest BCUT2D eigenvalue weighted by Crippen LogP contribution is -2.29. The summed E-state index contributed by atoms with van der Waals surface area (Å²) < 4.78 is 5.85. The van der Waals surface area contributed by atoms with Gasteiger partial charge in [-0.2, -0.15) is 0 Å². The maximum absolute atomic E-state index is 5.85. The molecule has 0 aromatic rings. The van der Waals surface area contributed by atoms with Gasteiger partial charge in [-0.3, -0.25) is 0 Å². The molecule has 2 rings (SSSR count). The van der Waals surface area contributed by atoms with Gasteiger partial charge in [0.05, 0.1) is 12.2 Å². The first-order valence-corrected chi connectivity index (χ1v) is 4.86. The predicted octanol–water partition coefficient (Wildman–Crippen LogP) is 2.60. The molecule has 1 saturated carbocycles. The van der Waals surface area contributed by atoms with E-state index in [0.717, 1.165) is 18.4 Å². The molecule has 1 spiro atoms. The molecule has 0 bridgehead atoms. The van der Waals surface area contributed by atoms with Crippen LogP contribution in [0.3, 0.4) is 0 Å².